The molecule has 4 rings (SSSR count). The smallest absolute Gasteiger partial charge is 0.261 e. The summed E-state index contributed by atoms with van der Waals surface area (Å²) in [6.45, 7) is 2.16. The number of methoxy groups -OCH3 is 1. The highest BCUT2D eigenvalue weighted by Crippen LogP contribution is 2.33. The molecule has 0 aliphatic carbocycles. The number of hydrogen-bond donors (Lipinski definition) is 3. The highest BCUT2D eigenvalue weighted by atomic mass is 32.2. The largest absolute Gasteiger partial charge is 0.495 e. The molecule has 3 aromatic carbocycles. The minimum atomic E-state index is -4.11. The molecule has 0 aromatic heterocycles. The van der Waals surface area contributed by atoms with Gasteiger partial charge < -0.3 is 24.8 Å². The van der Waals surface area contributed by atoms with E-state index in [1.165, 1.54) is 44.4 Å². The van der Waals surface area contributed by atoms with Gasteiger partial charge in [0.15, 0.2) is 11.5 Å². The Kier molecular flexibility index (Phi) is 6.78. The summed E-state index contributed by atoms with van der Waals surface area (Å²) in [7, 11) is -2.70. The molecule has 3 N–H and O–H groups in total. The summed E-state index contributed by atoms with van der Waals surface area (Å²) in [5.74, 6) is 0.497. The summed E-state index contributed by atoms with van der Waals surface area (Å²) in [6.07, 6.45) is 0. The number of carbonyl (C=O) groups is 2. The van der Waals surface area contributed by atoms with E-state index in [1.807, 2.05) is 0 Å². The molecule has 0 atom stereocenters. The summed E-state index contributed by atoms with van der Waals surface area (Å²) in [6, 6.07) is 15.3. The van der Waals surface area contributed by atoms with Gasteiger partial charge in [0.05, 0.1) is 28.9 Å². The van der Waals surface area contributed by atoms with E-state index in [1.54, 1.807) is 30.3 Å². The molecule has 3 aromatic rings. The van der Waals surface area contributed by atoms with Gasteiger partial charge in [-0.05, 0) is 42.5 Å². The third-order valence-electron chi connectivity index (χ3n) is 5.01. The summed E-state index contributed by atoms with van der Waals surface area (Å²) in [5, 5.41) is 5.29. The Morgan fingerprint density at radius 2 is 1.63 bits per heavy atom. The Morgan fingerprint density at radius 3 is 2.37 bits per heavy atom. The lowest BCUT2D eigenvalue weighted by atomic mass is 10.1. The average Bonchev–Trinajstić information content (AvgIpc) is 2.83. The van der Waals surface area contributed by atoms with Crippen molar-refractivity contribution >= 4 is 38.9 Å². The molecule has 1 heterocycles. The lowest BCUT2D eigenvalue weighted by Gasteiger charge is -2.19. The van der Waals surface area contributed by atoms with Crippen molar-refractivity contribution in [2.75, 3.05) is 35.7 Å². The van der Waals surface area contributed by atoms with Crippen molar-refractivity contribution in [2.24, 2.45) is 0 Å². The number of nitrogens with one attached hydrogen (secondary N) is 3. The van der Waals surface area contributed by atoms with Crippen LogP contribution in [-0.2, 0) is 14.8 Å². The molecule has 0 saturated heterocycles. The first kappa shape index (κ1) is 23.9. The van der Waals surface area contributed by atoms with Gasteiger partial charge in [-0.3, -0.25) is 14.3 Å². The quantitative estimate of drug-likeness (QED) is 0.455. The number of anilines is 3. The number of amides is 2. The van der Waals surface area contributed by atoms with Gasteiger partial charge in [-0.25, -0.2) is 8.42 Å². The number of hydrogen-bond acceptors (Lipinski definition) is 7. The highest BCUT2D eigenvalue weighted by Gasteiger charge is 2.21. The third-order valence-corrected chi connectivity index (χ3v) is 6.37. The van der Waals surface area contributed by atoms with Gasteiger partial charge in [0.2, 0.25) is 5.91 Å². The fourth-order valence-electron chi connectivity index (χ4n) is 3.43. The normalized spacial score (nSPS) is 12.4. The zero-order valence-electron chi connectivity index (χ0n) is 19.0. The molecule has 0 radical (unpaired) electrons. The maximum absolute atomic E-state index is 13.1. The Hall–Kier alpha value is -4.25. The van der Waals surface area contributed by atoms with Gasteiger partial charge in [0.1, 0.15) is 19.0 Å². The van der Waals surface area contributed by atoms with Crippen LogP contribution in [0.4, 0.5) is 17.1 Å². The number of para-hydroxylation sites is 1. The van der Waals surface area contributed by atoms with Gasteiger partial charge in [-0.15, -0.1) is 0 Å². The molecule has 2 amide bonds. The molecule has 10 nitrogen and oxygen atoms in total. The average molecular weight is 498 g/mol. The number of fused-ring (bicyclic) bond motifs is 1. The van der Waals surface area contributed by atoms with Crippen LogP contribution in [0.15, 0.2) is 65.6 Å². The first-order valence-electron chi connectivity index (χ1n) is 10.6. The van der Waals surface area contributed by atoms with Crippen LogP contribution >= 0.6 is 0 Å². The van der Waals surface area contributed by atoms with Crippen molar-refractivity contribution < 1.29 is 32.2 Å². The van der Waals surface area contributed by atoms with E-state index >= 15 is 0 Å². The lowest BCUT2D eigenvalue weighted by Crippen LogP contribution is -2.19. The van der Waals surface area contributed by atoms with E-state index in [9.17, 15) is 18.0 Å². The van der Waals surface area contributed by atoms with Gasteiger partial charge in [-0.2, -0.15) is 0 Å². The topological polar surface area (TPSA) is 132 Å². The maximum Gasteiger partial charge on any atom is 0.261 e. The first-order chi connectivity index (χ1) is 16.8. The van der Waals surface area contributed by atoms with Crippen LogP contribution in [-0.4, -0.2) is 40.6 Å². The Labute approximate surface area is 202 Å². The summed E-state index contributed by atoms with van der Waals surface area (Å²) >= 11 is 0. The monoisotopic (exact) mass is 497 g/mol. The van der Waals surface area contributed by atoms with Gasteiger partial charge >= 0.3 is 0 Å². The van der Waals surface area contributed by atoms with E-state index in [0.717, 1.165) is 0 Å². The molecular weight excluding hydrogens is 474 g/mol. The molecule has 0 fully saturated rings. The van der Waals surface area contributed by atoms with E-state index in [0.29, 0.717) is 36.1 Å². The van der Waals surface area contributed by atoms with Crippen LogP contribution in [0.1, 0.15) is 17.3 Å². The molecule has 0 unspecified atom stereocenters. The highest BCUT2D eigenvalue weighted by molar-refractivity contribution is 7.92. The Bertz CT molecular complexity index is 1390. The minimum Gasteiger partial charge on any atom is -0.495 e. The van der Waals surface area contributed by atoms with E-state index < -0.39 is 15.9 Å². The predicted octanol–water partition coefficient (Wildman–Crippen LogP) is 3.48. The molecule has 0 saturated carbocycles. The fraction of sp³-hybridized carbons (Fsp3) is 0.167. The third kappa shape index (κ3) is 5.46. The zero-order valence-corrected chi connectivity index (χ0v) is 19.8. The second kappa shape index (κ2) is 9.94. The van der Waals surface area contributed by atoms with E-state index in [4.69, 9.17) is 14.2 Å². The standard InChI is InChI=1S/C24H23N3O7S/c1-15(28)25-20-14-17(8-10-21(20)32-2)35(30,31)27-19-6-4-3-5-18(19)24(29)26-16-7-9-22-23(13-16)34-12-11-33-22/h3-10,13-14,27H,11-12H2,1-2H3,(H,25,28)(H,26,29). The Balaban J connectivity index is 1.58. The van der Waals surface area contributed by atoms with Crippen LogP contribution in [0, 0.1) is 0 Å². The fourth-order valence-corrected chi connectivity index (χ4v) is 4.54. The van der Waals surface area contributed by atoms with Crippen molar-refractivity contribution in [2.45, 2.75) is 11.8 Å². The van der Waals surface area contributed by atoms with E-state index in [2.05, 4.69) is 15.4 Å². The number of benzene rings is 3. The molecular formula is C24H23N3O7S. The van der Waals surface area contributed by atoms with Crippen molar-refractivity contribution in [1.82, 2.24) is 0 Å². The summed E-state index contributed by atoms with van der Waals surface area (Å²) in [4.78, 5) is 24.4. The summed E-state index contributed by atoms with van der Waals surface area (Å²) in [5.41, 5.74) is 0.862. The van der Waals surface area contributed by atoms with Crippen LogP contribution in [0.25, 0.3) is 0 Å². The van der Waals surface area contributed by atoms with Crippen molar-refractivity contribution in [3.63, 3.8) is 0 Å². The summed E-state index contributed by atoms with van der Waals surface area (Å²) < 4.78 is 44.9. The van der Waals surface area contributed by atoms with Crippen LogP contribution in [0.5, 0.6) is 17.2 Å². The second-order valence-electron chi connectivity index (χ2n) is 7.51. The molecule has 1 aliphatic heterocycles. The molecule has 35 heavy (non-hydrogen) atoms. The molecule has 0 spiro atoms. The van der Waals surface area contributed by atoms with Crippen molar-refractivity contribution in [3.05, 3.63) is 66.2 Å². The molecule has 182 valence electrons. The zero-order chi connectivity index (χ0) is 25.0. The number of rotatable bonds is 7. The molecule has 1 aliphatic rings. The van der Waals surface area contributed by atoms with Gasteiger partial charge in [-0.1, -0.05) is 12.1 Å². The van der Waals surface area contributed by atoms with Crippen LogP contribution < -0.4 is 29.6 Å². The van der Waals surface area contributed by atoms with Crippen LogP contribution in [0.3, 0.4) is 0 Å². The SMILES string of the molecule is COc1ccc(S(=O)(=O)Nc2ccccc2C(=O)Nc2ccc3c(c2)OCCO3)cc1NC(C)=O. The van der Waals surface area contributed by atoms with Crippen molar-refractivity contribution in [1.29, 1.82) is 0 Å². The van der Waals surface area contributed by atoms with Crippen molar-refractivity contribution in [3.8, 4) is 17.2 Å². The molecule has 0 bridgehead atoms. The van der Waals surface area contributed by atoms with Gasteiger partial charge in [0.25, 0.3) is 15.9 Å². The number of sulfonamides is 1. The number of ether oxygens (including phenoxy) is 3. The predicted molar refractivity (Wildman–Crippen MR) is 130 cm³/mol. The first-order valence-corrected chi connectivity index (χ1v) is 12.0. The van der Waals surface area contributed by atoms with E-state index in [-0.39, 0.29) is 27.7 Å². The second-order valence-corrected chi connectivity index (χ2v) is 9.19. The van der Waals surface area contributed by atoms with Gasteiger partial charge in [0, 0.05) is 18.7 Å². The van der Waals surface area contributed by atoms with Crippen LogP contribution in [0.2, 0.25) is 0 Å². The Morgan fingerprint density at radius 1 is 0.886 bits per heavy atom. The number of carbonyl (C=O) groups excluding carboxylic acids is 2. The lowest BCUT2D eigenvalue weighted by molar-refractivity contribution is -0.114. The maximum atomic E-state index is 13.1. The molecule has 11 heteroatoms. The minimum absolute atomic E-state index is 0.0828.